The number of nitrogens with zero attached hydrogens (tertiary/aromatic N) is 4. The molecule has 11 heteroatoms. The van der Waals surface area contributed by atoms with Gasteiger partial charge in [0, 0.05) is 11.6 Å². The lowest BCUT2D eigenvalue weighted by molar-refractivity contribution is -0.145. The van der Waals surface area contributed by atoms with Crippen LogP contribution in [-0.4, -0.2) is 24.5 Å². The van der Waals surface area contributed by atoms with Gasteiger partial charge in [-0.3, -0.25) is 4.57 Å². The summed E-state index contributed by atoms with van der Waals surface area (Å²) in [7, 11) is 0. The lowest BCUT2D eigenvalue weighted by Gasteiger charge is -2.11. The van der Waals surface area contributed by atoms with Gasteiger partial charge in [0.15, 0.2) is 5.65 Å². The predicted molar refractivity (Wildman–Crippen MR) is 78.5 cm³/mol. The van der Waals surface area contributed by atoms with E-state index < -0.39 is 29.5 Å². The standard InChI is InChI=1S/C15H7F6N5/c16-14(17,18)10-2-1-9-12(25-10)26(13(24-9)15(19,20)21)8-5-7-3-4-22-11(7)23-6-8/h1-6H,(H,22,23). The van der Waals surface area contributed by atoms with Crippen molar-refractivity contribution in [3.63, 3.8) is 0 Å². The van der Waals surface area contributed by atoms with Gasteiger partial charge in [-0.25, -0.2) is 15.0 Å². The number of fused-ring (bicyclic) bond motifs is 2. The smallest absolute Gasteiger partial charge is 0.346 e. The highest BCUT2D eigenvalue weighted by Crippen LogP contribution is 2.35. The fourth-order valence-corrected chi connectivity index (χ4v) is 2.60. The van der Waals surface area contributed by atoms with E-state index in [2.05, 4.69) is 19.9 Å². The molecule has 4 heterocycles. The van der Waals surface area contributed by atoms with Crippen molar-refractivity contribution in [3.05, 3.63) is 48.2 Å². The Labute approximate surface area is 140 Å². The molecule has 0 saturated carbocycles. The van der Waals surface area contributed by atoms with E-state index in [1.807, 2.05) is 0 Å². The number of nitrogens with one attached hydrogen (secondary N) is 1. The Morgan fingerprint density at radius 1 is 0.923 bits per heavy atom. The molecule has 26 heavy (non-hydrogen) atoms. The van der Waals surface area contributed by atoms with Crippen molar-refractivity contribution in [3.8, 4) is 5.69 Å². The molecule has 134 valence electrons. The molecule has 4 rings (SSSR count). The van der Waals surface area contributed by atoms with Crippen molar-refractivity contribution in [2.75, 3.05) is 0 Å². The molecule has 4 aromatic rings. The summed E-state index contributed by atoms with van der Waals surface area (Å²) in [6.07, 6.45) is -7.05. The minimum atomic E-state index is -4.90. The molecule has 0 fully saturated rings. The first-order valence-electron chi connectivity index (χ1n) is 7.12. The summed E-state index contributed by atoms with van der Waals surface area (Å²) in [5, 5.41) is 0.490. The minimum absolute atomic E-state index is 0.0984. The molecule has 0 aliphatic carbocycles. The highest BCUT2D eigenvalue weighted by molar-refractivity contribution is 5.80. The summed E-state index contributed by atoms with van der Waals surface area (Å²) in [6.45, 7) is 0. The molecule has 0 radical (unpaired) electrons. The van der Waals surface area contributed by atoms with Crippen molar-refractivity contribution in [1.82, 2.24) is 24.5 Å². The van der Waals surface area contributed by atoms with E-state index in [0.29, 0.717) is 21.7 Å². The molecule has 0 unspecified atom stereocenters. The van der Waals surface area contributed by atoms with Crippen LogP contribution < -0.4 is 0 Å². The SMILES string of the molecule is FC(F)(F)c1ccc2nc(C(F)(F)F)n(-c3cnc4[nH]ccc4c3)c2n1. The van der Waals surface area contributed by atoms with Gasteiger partial charge in [-0.1, -0.05) is 0 Å². The molecule has 1 N–H and O–H groups in total. The van der Waals surface area contributed by atoms with Crippen LogP contribution in [0.3, 0.4) is 0 Å². The fourth-order valence-electron chi connectivity index (χ4n) is 2.60. The van der Waals surface area contributed by atoms with Crippen LogP contribution in [0.2, 0.25) is 0 Å². The van der Waals surface area contributed by atoms with Crippen LogP contribution in [0.15, 0.2) is 36.7 Å². The molecular weight excluding hydrogens is 364 g/mol. The van der Waals surface area contributed by atoms with E-state index in [9.17, 15) is 26.3 Å². The number of aromatic nitrogens is 5. The van der Waals surface area contributed by atoms with Gasteiger partial charge >= 0.3 is 12.4 Å². The van der Waals surface area contributed by atoms with Crippen LogP contribution in [0.5, 0.6) is 0 Å². The summed E-state index contributed by atoms with van der Waals surface area (Å²) in [6, 6.07) is 4.39. The summed E-state index contributed by atoms with van der Waals surface area (Å²) in [4.78, 5) is 13.5. The first-order valence-corrected chi connectivity index (χ1v) is 7.12. The topological polar surface area (TPSA) is 59.4 Å². The van der Waals surface area contributed by atoms with Crippen molar-refractivity contribution >= 4 is 22.2 Å². The first kappa shape index (κ1) is 16.4. The lowest BCUT2D eigenvalue weighted by Crippen LogP contribution is -2.15. The number of imidazole rings is 1. The maximum Gasteiger partial charge on any atom is 0.450 e. The fraction of sp³-hybridized carbons (Fsp3) is 0.133. The van der Waals surface area contributed by atoms with Gasteiger partial charge < -0.3 is 4.98 Å². The largest absolute Gasteiger partial charge is 0.450 e. The monoisotopic (exact) mass is 371 g/mol. The average molecular weight is 371 g/mol. The van der Waals surface area contributed by atoms with Crippen LogP contribution in [0, 0.1) is 0 Å². The van der Waals surface area contributed by atoms with Crippen molar-refractivity contribution in [2.24, 2.45) is 0 Å². The van der Waals surface area contributed by atoms with Gasteiger partial charge in [0.25, 0.3) is 0 Å². The summed E-state index contributed by atoms with van der Waals surface area (Å²) in [5.74, 6) is -1.38. The van der Waals surface area contributed by atoms with Crippen LogP contribution in [0.25, 0.3) is 27.9 Å². The van der Waals surface area contributed by atoms with Crippen molar-refractivity contribution in [1.29, 1.82) is 0 Å². The Balaban J connectivity index is 2.06. The molecule has 0 saturated heterocycles. The van der Waals surface area contributed by atoms with Crippen molar-refractivity contribution in [2.45, 2.75) is 12.4 Å². The van der Waals surface area contributed by atoms with E-state index >= 15 is 0 Å². The number of alkyl halides is 6. The number of aromatic amines is 1. The Hall–Kier alpha value is -3.11. The van der Waals surface area contributed by atoms with E-state index in [4.69, 9.17) is 0 Å². The summed E-state index contributed by atoms with van der Waals surface area (Å²) < 4.78 is 79.5. The summed E-state index contributed by atoms with van der Waals surface area (Å²) >= 11 is 0. The lowest BCUT2D eigenvalue weighted by atomic mass is 10.3. The molecular formula is C15H7F6N5. The Morgan fingerprint density at radius 2 is 1.69 bits per heavy atom. The van der Waals surface area contributed by atoms with Gasteiger partial charge in [-0.2, -0.15) is 26.3 Å². The second-order valence-corrected chi connectivity index (χ2v) is 5.41. The molecule has 0 bridgehead atoms. The molecule has 0 atom stereocenters. The Bertz CT molecular complexity index is 1120. The van der Waals surface area contributed by atoms with Gasteiger partial charge in [-0.05, 0) is 24.3 Å². The Morgan fingerprint density at radius 3 is 2.38 bits per heavy atom. The summed E-state index contributed by atoms with van der Waals surface area (Å²) in [5.41, 5.74) is -1.84. The zero-order valence-electron chi connectivity index (χ0n) is 12.5. The highest BCUT2D eigenvalue weighted by Gasteiger charge is 2.40. The Kier molecular flexibility index (Phi) is 3.27. The van der Waals surface area contributed by atoms with E-state index in [1.165, 1.54) is 12.3 Å². The molecule has 5 nitrogen and oxygen atoms in total. The van der Waals surface area contributed by atoms with Gasteiger partial charge in [0.05, 0.1) is 11.9 Å². The third-order valence-electron chi connectivity index (χ3n) is 3.69. The molecule has 0 aromatic carbocycles. The quantitative estimate of drug-likeness (QED) is 0.507. The zero-order chi connectivity index (χ0) is 18.7. The normalized spacial score (nSPS) is 13.0. The van der Waals surface area contributed by atoms with E-state index in [0.717, 1.165) is 12.3 Å². The number of hydrogen-bond acceptors (Lipinski definition) is 3. The van der Waals surface area contributed by atoms with Crippen molar-refractivity contribution < 1.29 is 26.3 Å². The second-order valence-electron chi connectivity index (χ2n) is 5.41. The zero-order valence-corrected chi connectivity index (χ0v) is 12.5. The molecule has 4 aromatic heterocycles. The molecule has 0 aliphatic heterocycles. The van der Waals surface area contributed by atoms with Crippen LogP contribution in [0.1, 0.15) is 11.5 Å². The minimum Gasteiger partial charge on any atom is -0.346 e. The number of hydrogen-bond donors (Lipinski definition) is 1. The third-order valence-corrected chi connectivity index (χ3v) is 3.69. The predicted octanol–water partition coefficient (Wildman–Crippen LogP) is 4.33. The number of halogens is 6. The van der Waals surface area contributed by atoms with Gasteiger partial charge in [0.2, 0.25) is 5.82 Å². The van der Waals surface area contributed by atoms with E-state index in [1.54, 1.807) is 6.07 Å². The molecule has 0 aliphatic rings. The first-order chi connectivity index (χ1) is 12.1. The van der Waals surface area contributed by atoms with Gasteiger partial charge in [-0.15, -0.1) is 0 Å². The van der Waals surface area contributed by atoms with E-state index in [-0.39, 0.29) is 11.2 Å². The molecule has 0 amide bonds. The number of pyridine rings is 2. The van der Waals surface area contributed by atoms with Gasteiger partial charge in [0.1, 0.15) is 16.9 Å². The average Bonchev–Trinajstić information content (AvgIpc) is 3.16. The highest BCUT2D eigenvalue weighted by atomic mass is 19.4. The maximum atomic E-state index is 13.4. The third kappa shape index (κ3) is 2.55. The van der Waals surface area contributed by atoms with Crippen LogP contribution in [-0.2, 0) is 12.4 Å². The second kappa shape index (κ2) is 5.19. The van der Waals surface area contributed by atoms with Crippen LogP contribution in [0.4, 0.5) is 26.3 Å². The molecule has 0 spiro atoms. The number of H-pyrrole nitrogens is 1. The number of rotatable bonds is 1. The maximum absolute atomic E-state index is 13.4. The van der Waals surface area contributed by atoms with Crippen LogP contribution >= 0.6 is 0 Å².